The number of fused-ring (bicyclic) bond motifs is 3. The van der Waals surface area contributed by atoms with Crippen molar-refractivity contribution < 1.29 is 4.74 Å². The van der Waals surface area contributed by atoms with E-state index in [-0.39, 0.29) is 6.04 Å². The fourth-order valence-electron chi connectivity index (χ4n) is 3.93. The minimum absolute atomic E-state index is 0.142. The molecule has 2 nitrogen and oxygen atoms in total. The van der Waals surface area contributed by atoms with Gasteiger partial charge in [-0.15, -0.1) is 0 Å². The molecule has 2 aromatic rings. The molecule has 0 radical (unpaired) electrons. The number of allylic oxidation sites excluding steroid dienone is 2. The second kappa shape index (κ2) is 6.34. The monoisotopic (exact) mass is 359 g/mol. The molecule has 24 heavy (non-hydrogen) atoms. The summed E-state index contributed by atoms with van der Waals surface area (Å²) in [6.07, 6.45) is 5.63. The summed E-state index contributed by atoms with van der Waals surface area (Å²) in [5.74, 6) is 1.75. The van der Waals surface area contributed by atoms with Crippen molar-refractivity contribution in [1.29, 1.82) is 0 Å². The van der Waals surface area contributed by atoms with Gasteiger partial charge in [0.1, 0.15) is 5.75 Å². The van der Waals surface area contributed by atoms with Gasteiger partial charge < -0.3 is 10.1 Å². The third kappa shape index (κ3) is 2.58. The Hall–Kier alpha value is -1.64. The molecule has 4 rings (SSSR count). The van der Waals surface area contributed by atoms with Gasteiger partial charge in [-0.1, -0.05) is 53.6 Å². The Kier molecular flexibility index (Phi) is 4.19. The molecule has 0 bridgehead atoms. The smallest absolute Gasteiger partial charge is 0.142 e. The number of ether oxygens (including phenoxy) is 1. The van der Waals surface area contributed by atoms with Gasteiger partial charge in [-0.05, 0) is 48.6 Å². The highest BCUT2D eigenvalue weighted by Crippen LogP contribution is 2.53. The van der Waals surface area contributed by atoms with Crippen LogP contribution in [0.15, 0.2) is 48.6 Å². The van der Waals surface area contributed by atoms with Crippen molar-refractivity contribution in [2.45, 2.75) is 25.3 Å². The summed E-state index contributed by atoms with van der Waals surface area (Å²) in [4.78, 5) is 0. The van der Waals surface area contributed by atoms with Crippen molar-refractivity contribution >= 4 is 28.9 Å². The highest BCUT2D eigenvalue weighted by molar-refractivity contribution is 6.35. The Morgan fingerprint density at radius 1 is 1.17 bits per heavy atom. The largest absolute Gasteiger partial charge is 0.492 e. The zero-order chi connectivity index (χ0) is 16.7. The summed E-state index contributed by atoms with van der Waals surface area (Å²) >= 11 is 12.6. The van der Waals surface area contributed by atoms with Crippen LogP contribution in [0.3, 0.4) is 0 Å². The first-order chi connectivity index (χ1) is 11.7. The number of rotatable bonds is 3. The molecule has 2 aromatic carbocycles. The molecule has 1 aliphatic carbocycles. The fraction of sp³-hybridized carbons (Fsp3) is 0.300. The van der Waals surface area contributed by atoms with E-state index < -0.39 is 0 Å². The number of hydrogen-bond donors (Lipinski definition) is 1. The van der Waals surface area contributed by atoms with Crippen molar-refractivity contribution in [3.05, 3.63) is 69.7 Å². The van der Waals surface area contributed by atoms with Gasteiger partial charge in [0.2, 0.25) is 0 Å². The van der Waals surface area contributed by atoms with Crippen molar-refractivity contribution in [2.75, 3.05) is 11.9 Å². The topological polar surface area (TPSA) is 21.3 Å². The quantitative estimate of drug-likeness (QED) is 0.656. The van der Waals surface area contributed by atoms with Gasteiger partial charge in [0.25, 0.3) is 0 Å². The molecule has 1 heterocycles. The molecular formula is C20H19Cl2NO. The van der Waals surface area contributed by atoms with Crippen molar-refractivity contribution in [3.8, 4) is 5.75 Å². The molecule has 1 N–H and O–H groups in total. The molecule has 0 amide bonds. The number of halogens is 2. The highest BCUT2D eigenvalue weighted by atomic mass is 35.5. The lowest BCUT2D eigenvalue weighted by Crippen LogP contribution is -2.29. The first kappa shape index (κ1) is 15.9. The third-order valence-electron chi connectivity index (χ3n) is 4.96. The van der Waals surface area contributed by atoms with Crippen LogP contribution in [0.2, 0.25) is 10.0 Å². The maximum absolute atomic E-state index is 6.51. The second-order valence-corrected chi connectivity index (χ2v) is 7.14. The average molecular weight is 360 g/mol. The van der Waals surface area contributed by atoms with E-state index in [1.54, 1.807) is 0 Å². The number of benzene rings is 2. The van der Waals surface area contributed by atoms with E-state index in [4.69, 9.17) is 27.9 Å². The van der Waals surface area contributed by atoms with Crippen LogP contribution in [0, 0.1) is 5.92 Å². The van der Waals surface area contributed by atoms with E-state index in [1.165, 1.54) is 5.56 Å². The van der Waals surface area contributed by atoms with E-state index in [0.29, 0.717) is 28.5 Å². The lowest BCUT2D eigenvalue weighted by molar-refractivity contribution is 0.337. The SMILES string of the molecule is CCOc1cccc2c1N[C@H](c1ccc(Cl)cc1Cl)[C@@H]1CC=C[C@@H]21. The number of nitrogens with one attached hydrogen (secondary N) is 1. The molecule has 0 saturated carbocycles. The van der Waals surface area contributed by atoms with Crippen LogP contribution in [-0.4, -0.2) is 6.61 Å². The predicted molar refractivity (Wildman–Crippen MR) is 100 cm³/mol. The molecule has 4 heteroatoms. The number of para-hydroxylation sites is 1. The Morgan fingerprint density at radius 2 is 2.04 bits per heavy atom. The summed E-state index contributed by atoms with van der Waals surface area (Å²) in [6.45, 7) is 2.66. The first-order valence-corrected chi connectivity index (χ1v) is 9.08. The van der Waals surface area contributed by atoms with Crippen molar-refractivity contribution in [1.82, 2.24) is 0 Å². The normalized spacial score (nSPS) is 24.2. The van der Waals surface area contributed by atoms with E-state index in [0.717, 1.165) is 23.4 Å². The summed E-state index contributed by atoms with van der Waals surface area (Å²) in [7, 11) is 0. The summed E-state index contributed by atoms with van der Waals surface area (Å²) in [5, 5.41) is 5.08. The minimum atomic E-state index is 0.142. The van der Waals surface area contributed by atoms with Crippen LogP contribution in [-0.2, 0) is 0 Å². The second-order valence-electron chi connectivity index (χ2n) is 6.29. The van der Waals surface area contributed by atoms with E-state index in [2.05, 4.69) is 29.6 Å². The Balaban J connectivity index is 1.81. The standard InChI is InChI=1S/C20H19Cl2NO/c1-2-24-18-8-4-7-15-13-5-3-6-14(13)19(23-20(15)18)16-10-9-12(21)11-17(16)22/h3-5,7-11,13-14,19,23H,2,6H2,1H3/t13-,14-,19+/m1/s1. The summed E-state index contributed by atoms with van der Waals surface area (Å²) < 4.78 is 5.85. The Bertz CT molecular complexity index is 802. The molecule has 124 valence electrons. The van der Waals surface area contributed by atoms with Gasteiger partial charge in [-0.3, -0.25) is 0 Å². The van der Waals surface area contributed by atoms with Gasteiger partial charge in [-0.2, -0.15) is 0 Å². The molecular weight excluding hydrogens is 341 g/mol. The van der Waals surface area contributed by atoms with Crippen LogP contribution >= 0.6 is 23.2 Å². The lowest BCUT2D eigenvalue weighted by Gasteiger charge is -2.38. The van der Waals surface area contributed by atoms with Crippen molar-refractivity contribution in [2.24, 2.45) is 5.92 Å². The zero-order valence-electron chi connectivity index (χ0n) is 13.4. The molecule has 1 aliphatic heterocycles. The van der Waals surface area contributed by atoms with Crippen LogP contribution in [0.5, 0.6) is 5.75 Å². The van der Waals surface area contributed by atoms with Crippen LogP contribution < -0.4 is 10.1 Å². The molecule has 0 aromatic heterocycles. The molecule has 0 fully saturated rings. The predicted octanol–water partition coefficient (Wildman–Crippen LogP) is 6.22. The van der Waals surface area contributed by atoms with Gasteiger partial charge in [0.15, 0.2) is 0 Å². The fourth-order valence-corrected chi connectivity index (χ4v) is 4.46. The lowest BCUT2D eigenvalue weighted by atomic mass is 9.77. The molecule has 0 saturated heterocycles. The van der Waals surface area contributed by atoms with Crippen LogP contribution in [0.4, 0.5) is 5.69 Å². The first-order valence-electron chi connectivity index (χ1n) is 8.33. The molecule has 0 unspecified atom stereocenters. The van der Waals surface area contributed by atoms with Gasteiger partial charge in [0, 0.05) is 16.0 Å². The van der Waals surface area contributed by atoms with Crippen molar-refractivity contribution in [3.63, 3.8) is 0 Å². The number of anilines is 1. The molecule has 2 aliphatic rings. The molecule has 3 atom stereocenters. The Morgan fingerprint density at radius 3 is 2.83 bits per heavy atom. The summed E-state index contributed by atoms with van der Waals surface area (Å²) in [6, 6.07) is 12.2. The maximum atomic E-state index is 6.51. The van der Waals surface area contributed by atoms with E-state index in [1.807, 2.05) is 31.2 Å². The van der Waals surface area contributed by atoms with Crippen LogP contribution in [0.25, 0.3) is 0 Å². The maximum Gasteiger partial charge on any atom is 0.142 e. The van der Waals surface area contributed by atoms with Gasteiger partial charge in [0.05, 0.1) is 18.3 Å². The summed E-state index contributed by atoms with van der Waals surface area (Å²) in [5.41, 5.74) is 3.49. The number of hydrogen-bond acceptors (Lipinski definition) is 2. The Labute approximate surface area is 152 Å². The minimum Gasteiger partial charge on any atom is -0.492 e. The van der Waals surface area contributed by atoms with Gasteiger partial charge >= 0.3 is 0 Å². The van der Waals surface area contributed by atoms with Crippen LogP contribution in [0.1, 0.15) is 36.4 Å². The van der Waals surface area contributed by atoms with E-state index >= 15 is 0 Å². The molecule has 0 spiro atoms. The van der Waals surface area contributed by atoms with E-state index in [9.17, 15) is 0 Å². The van der Waals surface area contributed by atoms with Gasteiger partial charge in [-0.25, -0.2) is 0 Å². The zero-order valence-corrected chi connectivity index (χ0v) is 14.9. The highest BCUT2D eigenvalue weighted by Gasteiger charge is 2.39. The average Bonchev–Trinajstić information content (AvgIpc) is 3.05. The third-order valence-corrected chi connectivity index (χ3v) is 5.52.